The summed E-state index contributed by atoms with van der Waals surface area (Å²) in [6.07, 6.45) is 0. The number of aryl methyl sites for hydroxylation is 1. The van der Waals surface area contributed by atoms with Crippen molar-refractivity contribution >= 4 is 27.0 Å². The smallest absolute Gasteiger partial charge is 0.264 e. The molecule has 1 aliphatic heterocycles. The van der Waals surface area contributed by atoms with Gasteiger partial charge in [0.1, 0.15) is 19.0 Å². The van der Waals surface area contributed by atoms with Gasteiger partial charge >= 0.3 is 0 Å². The van der Waals surface area contributed by atoms with Gasteiger partial charge in [-0.2, -0.15) is 0 Å². The second kappa shape index (κ2) is 7.44. The third kappa shape index (κ3) is 3.57. The number of nitrogens with zero attached hydrogens (tertiary/aromatic N) is 1. The number of anilines is 1. The average Bonchev–Trinajstić information content (AvgIpc) is 3.18. The minimum absolute atomic E-state index is 0.0698. The zero-order chi connectivity index (χ0) is 19.7. The standard InChI is InChI=1S/C20H18FNO4S2/c1-14-11-15(21)4-7-20(14)28(23,24)22(13-17-3-2-10-27-17)16-5-6-18-19(12-16)26-9-8-25-18/h2-7,10-12H,8-9,13H2,1H3. The van der Waals surface area contributed by atoms with Crippen molar-refractivity contribution in [2.75, 3.05) is 17.5 Å². The van der Waals surface area contributed by atoms with Crippen molar-refractivity contribution in [2.45, 2.75) is 18.4 Å². The summed E-state index contributed by atoms with van der Waals surface area (Å²) in [5.41, 5.74) is 0.815. The SMILES string of the molecule is Cc1cc(F)ccc1S(=O)(=O)N(Cc1cccs1)c1ccc2c(c1)OCCO2. The molecule has 28 heavy (non-hydrogen) atoms. The highest BCUT2D eigenvalue weighted by Crippen LogP contribution is 2.37. The number of thiophene rings is 1. The van der Waals surface area contributed by atoms with Crippen molar-refractivity contribution in [3.8, 4) is 11.5 Å². The topological polar surface area (TPSA) is 55.8 Å². The van der Waals surface area contributed by atoms with Crippen LogP contribution in [0.4, 0.5) is 10.1 Å². The zero-order valence-electron chi connectivity index (χ0n) is 15.1. The first kappa shape index (κ1) is 18.8. The Bertz CT molecular complexity index is 1100. The van der Waals surface area contributed by atoms with Gasteiger partial charge in [0, 0.05) is 10.9 Å². The van der Waals surface area contributed by atoms with E-state index in [0.29, 0.717) is 36.0 Å². The van der Waals surface area contributed by atoms with Crippen molar-refractivity contribution in [2.24, 2.45) is 0 Å². The predicted molar refractivity (Wildman–Crippen MR) is 106 cm³/mol. The van der Waals surface area contributed by atoms with Gasteiger partial charge in [-0.15, -0.1) is 11.3 Å². The Morgan fingerprint density at radius 3 is 2.57 bits per heavy atom. The Kier molecular flexibility index (Phi) is 4.99. The van der Waals surface area contributed by atoms with Crippen LogP contribution in [-0.2, 0) is 16.6 Å². The predicted octanol–water partition coefficient (Wildman–Crippen LogP) is 4.36. The highest BCUT2D eigenvalue weighted by Gasteiger charge is 2.28. The minimum atomic E-state index is -3.93. The van der Waals surface area contributed by atoms with E-state index < -0.39 is 15.8 Å². The number of hydrogen-bond acceptors (Lipinski definition) is 5. The molecule has 0 saturated heterocycles. The summed E-state index contributed by atoms with van der Waals surface area (Å²) >= 11 is 1.47. The fourth-order valence-electron chi connectivity index (χ4n) is 3.07. The Balaban J connectivity index is 1.81. The van der Waals surface area contributed by atoms with E-state index in [4.69, 9.17) is 9.47 Å². The number of fused-ring (bicyclic) bond motifs is 1. The van der Waals surface area contributed by atoms with Crippen LogP contribution in [-0.4, -0.2) is 21.6 Å². The Hall–Kier alpha value is -2.58. The second-order valence-electron chi connectivity index (χ2n) is 6.33. The first-order chi connectivity index (χ1) is 13.4. The van der Waals surface area contributed by atoms with Crippen LogP contribution < -0.4 is 13.8 Å². The van der Waals surface area contributed by atoms with Gasteiger partial charge in [-0.25, -0.2) is 12.8 Å². The molecule has 3 aromatic rings. The summed E-state index contributed by atoms with van der Waals surface area (Å²) in [5, 5.41) is 1.90. The van der Waals surface area contributed by atoms with Gasteiger partial charge in [-0.05, 0) is 54.3 Å². The first-order valence-electron chi connectivity index (χ1n) is 8.66. The van der Waals surface area contributed by atoms with Crippen molar-refractivity contribution in [3.63, 3.8) is 0 Å². The Morgan fingerprint density at radius 1 is 1.07 bits per heavy atom. The summed E-state index contributed by atoms with van der Waals surface area (Å²) in [6, 6.07) is 12.5. The lowest BCUT2D eigenvalue weighted by Crippen LogP contribution is -2.31. The average molecular weight is 419 g/mol. The molecule has 0 saturated carbocycles. The Morgan fingerprint density at radius 2 is 1.86 bits per heavy atom. The van der Waals surface area contributed by atoms with E-state index in [9.17, 15) is 12.8 Å². The van der Waals surface area contributed by atoms with Crippen molar-refractivity contribution < 1.29 is 22.3 Å². The highest BCUT2D eigenvalue weighted by molar-refractivity contribution is 7.92. The highest BCUT2D eigenvalue weighted by atomic mass is 32.2. The number of benzene rings is 2. The van der Waals surface area contributed by atoms with Gasteiger partial charge in [0.2, 0.25) is 0 Å². The van der Waals surface area contributed by atoms with Crippen molar-refractivity contribution in [3.05, 3.63) is 70.2 Å². The molecule has 2 aromatic carbocycles. The van der Waals surface area contributed by atoms with E-state index in [1.165, 1.54) is 27.8 Å². The van der Waals surface area contributed by atoms with Crippen LogP contribution in [0.25, 0.3) is 0 Å². The molecule has 0 fully saturated rings. The van der Waals surface area contributed by atoms with Crippen molar-refractivity contribution in [1.82, 2.24) is 0 Å². The van der Waals surface area contributed by atoms with E-state index in [-0.39, 0.29) is 11.4 Å². The molecule has 0 unspecified atom stereocenters. The van der Waals surface area contributed by atoms with Gasteiger partial charge < -0.3 is 9.47 Å². The maximum Gasteiger partial charge on any atom is 0.264 e. The molecule has 0 aliphatic carbocycles. The molecule has 5 nitrogen and oxygen atoms in total. The van der Waals surface area contributed by atoms with Gasteiger partial charge in [0.15, 0.2) is 11.5 Å². The number of hydrogen-bond donors (Lipinski definition) is 0. The van der Waals surface area contributed by atoms with E-state index in [1.54, 1.807) is 25.1 Å². The van der Waals surface area contributed by atoms with E-state index in [1.807, 2.05) is 17.5 Å². The quantitative estimate of drug-likeness (QED) is 0.617. The largest absolute Gasteiger partial charge is 0.486 e. The third-order valence-corrected chi connectivity index (χ3v) is 7.19. The lowest BCUT2D eigenvalue weighted by molar-refractivity contribution is 0.171. The van der Waals surface area contributed by atoms with Crippen LogP contribution in [0, 0.1) is 12.7 Å². The van der Waals surface area contributed by atoms with Gasteiger partial charge in [-0.3, -0.25) is 4.31 Å². The molecule has 1 aliphatic rings. The van der Waals surface area contributed by atoms with Crippen LogP contribution in [0.3, 0.4) is 0 Å². The second-order valence-corrected chi connectivity index (χ2v) is 9.19. The molecular weight excluding hydrogens is 401 g/mol. The van der Waals surface area contributed by atoms with Crippen LogP contribution in [0.2, 0.25) is 0 Å². The van der Waals surface area contributed by atoms with Crippen LogP contribution in [0.15, 0.2) is 58.8 Å². The van der Waals surface area contributed by atoms with E-state index in [0.717, 1.165) is 10.9 Å². The molecule has 0 spiro atoms. The minimum Gasteiger partial charge on any atom is -0.486 e. The third-order valence-electron chi connectivity index (χ3n) is 4.40. The van der Waals surface area contributed by atoms with Crippen LogP contribution in [0.1, 0.15) is 10.4 Å². The van der Waals surface area contributed by atoms with Crippen LogP contribution in [0.5, 0.6) is 11.5 Å². The number of halogens is 1. The number of sulfonamides is 1. The fourth-order valence-corrected chi connectivity index (χ4v) is 5.49. The summed E-state index contributed by atoms with van der Waals surface area (Å²) < 4.78 is 53.0. The van der Waals surface area contributed by atoms with Crippen molar-refractivity contribution in [1.29, 1.82) is 0 Å². The molecule has 4 rings (SSSR count). The molecule has 8 heteroatoms. The number of ether oxygens (including phenoxy) is 2. The van der Waals surface area contributed by atoms with Gasteiger partial charge in [-0.1, -0.05) is 6.07 Å². The maximum absolute atomic E-state index is 13.5. The molecule has 146 valence electrons. The fraction of sp³-hybridized carbons (Fsp3) is 0.200. The molecule has 0 bridgehead atoms. The summed E-state index contributed by atoms with van der Waals surface area (Å²) in [4.78, 5) is 0.957. The van der Waals surface area contributed by atoms with Crippen LogP contribution >= 0.6 is 11.3 Å². The molecule has 1 aromatic heterocycles. The molecule has 0 N–H and O–H groups in total. The summed E-state index contributed by atoms with van der Waals surface area (Å²) in [5.74, 6) is 0.618. The Labute approximate surface area is 167 Å². The zero-order valence-corrected chi connectivity index (χ0v) is 16.7. The van der Waals surface area contributed by atoms with E-state index in [2.05, 4.69) is 0 Å². The lowest BCUT2D eigenvalue weighted by atomic mass is 10.2. The molecular formula is C20H18FNO4S2. The molecule has 2 heterocycles. The summed E-state index contributed by atoms with van der Waals surface area (Å²) in [6.45, 7) is 2.61. The van der Waals surface area contributed by atoms with Gasteiger partial charge in [0.25, 0.3) is 10.0 Å². The lowest BCUT2D eigenvalue weighted by Gasteiger charge is -2.27. The van der Waals surface area contributed by atoms with Gasteiger partial charge in [0.05, 0.1) is 17.1 Å². The first-order valence-corrected chi connectivity index (χ1v) is 11.0. The monoisotopic (exact) mass is 419 g/mol. The number of rotatable bonds is 5. The molecule has 0 atom stereocenters. The summed E-state index contributed by atoms with van der Waals surface area (Å²) in [7, 11) is -3.93. The molecule has 0 radical (unpaired) electrons. The van der Waals surface area contributed by atoms with E-state index >= 15 is 0 Å². The molecule has 0 amide bonds. The maximum atomic E-state index is 13.5. The normalized spacial score (nSPS) is 13.4.